The van der Waals surface area contributed by atoms with Gasteiger partial charge in [-0.15, -0.1) is 11.8 Å². The van der Waals surface area contributed by atoms with Gasteiger partial charge in [0, 0.05) is 23.3 Å². The van der Waals surface area contributed by atoms with E-state index in [0.29, 0.717) is 18.8 Å². The van der Waals surface area contributed by atoms with E-state index in [2.05, 4.69) is 21.2 Å². The van der Waals surface area contributed by atoms with Crippen LogP contribution in [0.15, 0.2) is 59.1 Å². The van der Waals surface area contributed by atoms with Crippen LogP contribution in [-0.4, -0.2) is 35.1 Å². The van der Waals surface area contributed by atoms with Crippen molar-refractivity contribution in [2.45, 2.75) is 32.2 Å². The maximum Gasteiger partial charge on any atom is 0.242 e. The maximum absolute atomic E-state index is 12.9. The molecule has 144 valence electrons. The third-order valence-corrected chi connectivity index (χ3v) is 5.64. The largest absolute Gasteiger partial charge is 0.355 e. The molecule has 0 radical (unpaired) electrons. The van der Waals surface area contributed by atoms with E-state index in [4.69, 9.17) is 0 Å². The van der Waals surface area contributed by atoms with E-state index in [1.54, 1.807) is 23.6 Å². The second-order valence-corrected chi connectivity index (χ2v) is 8.10. The van der Waals surface area contributed by atoms with Crippen LogP contribution in [0.2, 0.25) is 0 Å². The number of carbonyl (C=O) groups excluding carboxylic acids is 2. The van der Waals surface area contributed by atoms with Crippen molar-refractivity contribution < 1.29 is 9.59 Å². The van der Waals surface area contributed by atoms with Crippen molar-refractivity contribution in [1.29, 1.82) is 0 Å². The molecule has 4 nitrogen and oxygen atoms in total. The van der Waals surface area contributed by atoms with Crippen LogP contribution in [0.25, 0.3) is 0 Å². The van der Waals surface area contributed by atoms with Gasteiger partial charge in [-0.2, -0.15) is 0 Å². The number of nitrogens with one attached hydrogen (secondary N) is 1. The lowest BCUT2D eigenvalue weighted by molar-refractivity contribution is -0.138. The van der Waals surface area contributed by atoms with Crippen LogP contribution in [0.5, 0.6) is 0 Å². The zero-order valence-electron chi connectivity index (χ0n) is 15.7. The van der Waals surface area contributed by atoms with Crippen LogP contribution in [0.3, 0.4) is 0 Å². The van der Waals surface area contributed by atoms with Gasteiger partial charge in [-0.25, -0.2) is 0 Å². The van der Waals surface area contributed by atoms with Crippen LogP contribution in [0.4, 0.5) is 0 Å². The average molecular weight is 449 g/mol. The highest BCUT2D eigenvalue weighted by molar-refractivity contribution is 9.10. The van der Waals surface area contributed by atoms with Crippen molar-refractivity contribution >= 4 is 39.5 Å². The Balaban J connectivity index is 2.00. The molecule has 0 aliphatic rings. The fourth-order valence-corrected chi connectivity index (χ4v) is 3.74. The van der Waals surface area contributed by atoms with Crippen LogP contribution in [0.1, 0.15) is 25.0 Å². The second-order valence-electron chi connectivity index (χ2n) is 6.20. The maximum atomic E-state index is 12.9. The second kappa shape index (κ2) is 11.1. The molecule has 27 heavy (non-hydrogen) atoms. The highest BCUT2D eigenvalue weighted by atomic mass is 79.9. The molecule has 2 aromatic carbocycles. The predicted octanol–water partition coefficient (Wildman–Crippen LogP) is 4.24. The van der Waals surface area contributed by atoms with Crippen LogP contribution >= 0.6 is 27.7 Å². The zero-order chi connectivity index (χ0) is 19.6. The molecule has 0 aromatic heterocycles. The molecule has 1 atom stereocenters. The number of halogens is 1. The lowest BCUT2D eigenvalue weighted by Gasteiger charge is -2.28. The van der Waals surface area contributed by atoms with Gasteiger partial charge in [0.1, 0.15) is 6.04 Å². The summed E-state index contributed by atoms with van der Waals surface area (Å²) < 4.78 is 1.04. The molecule has 0 saturated heterocycles. The van der Waals surface area contributed by atoms with Crippen molar-refractivity contribution in [3.8, 4) is 0 Å². The smallest absolute Gasteiger partial charge is 0.242 e. The molecule has 1 unspecified atom stereocenters. The molecule has 2 amide bonds. The van der Waals surface area contributed by atoms with E-state index in [9.17, 15) is 9.59 Å². The Kier molecular flexibility index (Phi) is 8.88. The first-order chi connectivity index (χ1) is 13.0. The van der Waals surface area contributed by atoms with E-state index in [1.807, 2.05) is 61.5 Å². The summed E-state index contributed by atoms with van der Waals surface area (Å²) >= 11 is 4.99. The van der Waals surface area contributed by atoms with Gasteiger partial charge in [0.15, 0.2) is 0 Å². The number of rotatable bonds is 9. The van der Waals surface area contributed by atoms with Gasteiger partial charge in [-0.05, 0) is 37.1 Å². The zero-order valence-corrected chi connectivity index (χ0v) is 18.1. The van der Waals surface area contributed by atoms with Gasteiger partial charge >= 0.3 is 0 Å². The molecular formula is C21H25BrN2O2S. The Morgan fingerprint density at radius 3 is 2.37 bits per heavy atom. The Morgan fingerprint density at radius 1 is 1.07 bits per heavy atom. The van der Waals surface area contributed by atoms with Gasteiger partial charge < -0.3 is 10.2 Å². The van der Waals surface area contributed by atoms with Crippen molar-refractivity contribution in [1.82, 2.24) is 10.2 Å². The summed E-state index contributed by atoms with van der Waals surface area (Å²) in [5.41, 5.74) is 2.18. The molecule has 0 heterocycles. The van der Waals surface area contributed by atoms with Crippen molar-refractivity contribution in [3.63, 3.8) is 0 Å². The molecule has 1 N–H and O–H groups in total. The number of benzene rings is 2. The van der Waals surface area contributed by atoms with Gasteiger partial charge in [0.2, 0.25) is 11.8 Å². The topological polar surface area (TPSA) is 49.4 Å². The van der Waals surface area contributed by atoms with E-state index in [1.165, 1.54) is 5.56 Å². The Hall–Kier alpha value is -1.79. The summed E-state index contributed by atoms with van der Waals surface area (Å²) in [6.07, 6.45) is 0. The minimum Gasteiger partial charge on any atom is -0.355 e. The number of thioether (sulfide) groups is 1. The fraction of sp³-hybridized carbons (Fsp3) is 0.333. The first kappa shape index (κ1) is 21.5. The molecule has 0 fully saturated rings. The summed E-state index contributed by atoms with van der Waals surface area (Å²) in [6, 6.07) is 17.3. The quantitative estimate of drug-likeness (QED) is 0.623. The molecule has 0 bridgehead atoms. The molecule has 0 aliphatic heterocycles. The van der Waals surface area contributed by atoms with E-state index in [-0.39, 0.29) is 11.8 Å². The number of nitrogens with zero attached hydrogens (tertiary/aromatic N) is 1. The number of hydrogen-bond acceptors (Lipinski definition) is 3. The molecule has 0 saturated carbocycles. The third kappa shape index (κ3) is 7.03. The normalized spacial score (nSPS) is 11.7. The van der Waals surface area contributed by atoms with E-state index >= 15 is 0 Å². The van der Waals surface area contributed by atoms with Crippen molar-refractivity contribution in [2.75, 3.05) is 12.3 Å². The molecule has 2 rings (SSSR count). The van der Waals surface area contributed by atoms with Gasteiger partial charge in [-0.1, -0.05) is 58.4 Å². The average Bonchev–Trinajstić information content (AvgIpc) is 2.68. The first-order valence-electron chi connectivity index (χ1n) is 8.94. The lowest BCUT2D eigenvalue weighted by atomic mass is 10.1. The molecule has 2 aromatic rings. The SMILES string of the molecule is CCNC(=O)C(C)N(Cc1ccccc1)C(=O)CSCc1ccc(Br)cc1. The summed E-state index contributed by atoms with van der Waals surface area (Å²) in [7, 11) is 0. The summed E-state index contributed by atoms with van der Waals surface area (Å²) in [5, 5.41) is 2.81. The highest BCUT2D eigenvalue weighted by Crippen LogP contribution is 2.18. The number of carbonyl (C=O) groups is 2. The minimum absolute atomic E-state index is 0.0280. The monoisotopic (exact) mass is 448 g/mol. The van der Waals surface area contributed by atoms with Crippen LogP contribution < -0.4 is 5.32 Å². The van der Waals surface area contributed by atoms with Crippen LogP contribution in [0, 0.1) is 0 Å². The first-order valence-corrected chi connectivity index (χ1v) is 10.9. The predicted molar refractivity (Wildman–Crippen MR) is 115 cm³/mol. The fourth-order valence-electron chi connectivity index (χ4n) is 2.60. The molecule has 6 heteroatoms. The van der Waals surface area contributed by atoms with Gasteiger partial charge in [0.25, 0.3) is 0 Å². The minimum atomic E-state index is -0.508. The summed E-state index contributed by atoms with van der Waals surface area (Å²) in [5.74, 6) is 0.944. The lowest BCUT2D eigenvalue weighted by Crippen LogP contribution is -2.48. The molecular weight excluding hydrogens is 424 g/mol. The Bertz CT molecular complexity index is 738. The molecule has 0 aliphatic carbocycles. The van der Waals surface area contributed by atoms with E-state index < -0.39 is 6.04 Å². The highest BCUT2D eigenvalue weighted by Gasteiger charge is 2.25. The van der Waals surface area contributed by atoms with Crippen molar-refractivity contribution in [2.24, 2.45) is 0 Å². The Morgan fingerprint density at radius 2 is 1.74 bits per heavy atom. The molecule has 0 spiro atoms. The summed E-state index contributed by atoms with van der Waals surface area (Å²) in [6.45, 7) is 4.64. The van der Waals surface area contributed by atoms with Crippen LogP contribution in [-0.2, 0) is 21.9 Å². The number of likely N-dealkylation sites (N-methyl/N-ethyl adjacent to an activating group) is 1. The van der Waals surface area contributed by atoms with E-state index in [0.717, 1.165) is 15.8 Å². The summed E-state index contributed by atoms with van der Waals surface area (Å²) in [4.78, 5) is 26.8. The number of amides is 2. The van der Waals surface area contributed by atoms with Crippen molar-refractivity contribution in [3.05, 3.63) is 70.2 Å². The standard InChI is InChI=1S/C21H25BrN2O2S/c1-3-23-21(26)16(2)24(13-17-7-5-4-6-8-17)20(25)15-27-14-18-9-11-19(22)12-10-18/h4-12,16H,3,13-15H2,1-2H3,(H,23,26). The van der Waals surface area contributed by atoms with Gasteiger partial charge in [-0.3, -0.25) is 9.59 Å². The van der Waals surface area contributed by atoms with Gasteiger partial charge in [0.05, 0.1) is 5.75 Å². The Labute approximate surface area is 173 Å². The number of hydrogen-bond donors (Lipinski definition) is 1. The third-order valence-electron chi connectivity index (χ3n) is 4.12.